The van der Waals surface area contributed by atoms with Crippen LogP contribution < -0.4 is 10.1 Å². The van der Waals surface area contributed by atoms with Crippen LogP contribution >= 0.6 is 23.4 Å². The summed E-state index contributed by atoms with van der Waals surface area (Å²) in [7, 11) is 0. The summed E-state index contributed by atoms with van der Waals surface area (Å²) in [6, 6.07) is 3.54. The van der Waals surface area contributed by atoms with Crippen molar-refractivity contribution in [1.82, 2.24) is 5.32 Å². The summed E-state index contributed by atoms with van der Waals surface area (Å²) in [6.07, 6.45) is 0.371. The number of amides is 1. The maximum Gasteiger partial charge on any atom is 0.330 e. The van der Waals surface area contributed by atoms with Gasteiger partial charge in [-0.05, 0) is 30.4 Å². The van der Waals surface area contributed by atoms with Crippen LogP contribution in [0.15, 0.2) is 18.2 Å². The van der Waals surface area contributed by atoms with E-state index in [1.165, 1.54) is 17.8 Å². The van der Waals surface area contributed by atoms with Crippen molar-refractivity contribution < 1.29 is 23.8 Å². The number of ether oxygens (including phenoxy) is 1. The molecular weight excluding hydrogens is 321 g/mol. The SMILES string of the molecule is O=C(COc1ccc(F)cc1Cl)N[C@@]1(C(=O)O)CCSC1. The highest BCUT2D eigenvalue weighted by molar-refractivity contribution is 7.99. The number of benzene rings is 1. The average molecular weight is 334 g/mol. The third-order valence-electron chi connectivity index (χ3n) is 3.06. The Bertz CT molecular complexity index is 563. The van der Waals surface area contributed by atoms with E-state index < -0.39 is 23.2 Å². The zero-order chi connectivity index (χ0) is 15.5. The second-order valence-electron chi connectivity index (χ2n) is 4.60. The van der Waals surface area contributed by atoms with Gasteiger partial charge in [-0.15, -0.1) is 0 Å². The summed E-state index contributed by atoms with van der Waals surface area (Å²) in [5.74, 6) is -0.952. The van der Waals surface area contributed by atoms with Crippen LogP contribution in [-0.2, 0) is 9.59 Å². The minimum atomic E-state index is -1.24. The molecule has 8 heteroatoms. The Balaban J connectivity index is 1.94. The third-order valence-corrected chi connectivity index (χ3v) is 4.55. The molecule has 21 heavy (non-hydrogen) atoms. The maximum atomic E-state index is 12.9. The number of carbonyl (C=O) groups is 2. The fourth-order valence-electron chi connectivity index (χ4n) is 1.92. The number of rotatable bonds is 5. The van der Waals surface area contributed by atoms with E-state index in [1.807, 2.05) is 0 Å². The first-order valence-electron chi connectivity index (χ1n) is 6.13. The van der Waals surface area contributed by atoms with Crippen LogP contribution in [0.25, 0.3) is 0 Å². The fourth-order valence-corrected chi connectivity index (χ4v) is 3.47. The minimum absolute atomic E-state index is 0.0483. The zero-order valence-electron chi connectivity index (χ0n) is 10.9. The quantitative estimate of drug-likeness (QED) is 0.861. The highest BCUT2D eigenvalue weighted by Crippen LogP contribution is 2.28. The first-order valence-corrected chi connectivity index (χ1v) is 7.66. The molecule has 0 unspecified atom stereocenters. The number of hydrogen-bond acceptors (Lipinski definition) is 4. The van der Waals surface area contributed by atoms with Gasteiger partial charge < -0.3 is 15.2 Å². The van der Waals surface area contributed by atoms with Crippen molar-refractivity contribution in [2.45, 2.75) is 12.0 Å². The number of aliphatic carboxylic acids is 1. The molecule has 2 N–H and O–H groups in total. The van der Waals surface area contributed by atoms with E-state index in [9.17, 15) is 19.1 Å². The second kappa shape index (κ2) is 6.53. The van der Waals surface area contributed by atoms with Gasteiger partial charge in [0.2, 0.25) is 0 Å². The molecule has 1 aromatic rings. The van der Waals surface area contributed by atoms with Gasteiger partial charge in [0, 0.05) is 5.75 Å². The van der Waals surface area contributed by atoms with E-state index in [4.69, 9.17) is 16.3 Å². The van der Waals surface area contributed by atoms with Crippen LogP contribution in [0.4, 0.5) is 4.39 Å². The first kappa shape index (κ1) is 15.9. The van der Waals surface area contributed by atoms with Crippen LogP contribution in [0.3, 0.4) is 0 Å². The Kier molecular flexibility index (Phi) is 4.95. The van der Waals surface area contributed by atoms with Gasteiger partial charge in [-0.3, -0.25) is 4.79 Å². The van der Waals surface area contributed by atoms with Gasteiger partial charge in [-0.2, -0.15) is 11.8 Å². The minimum Gasteiger partial charge on any atom is -0.482 e. The predicted molar refractivity (Wildman–Crippen MR) is 77.4 cm³/mol. The standard InChI is InChI=1S/C13H13ClFNO4S/c14-9-5-8(15)1-2-10(9)20-6-11(17)16-13(12(18)19)3-4-21-7-13/h1-2,5H,3-4,6-7H2,(H,16,17)(H,18,19)/t13-/m0/s1. The molecule has 1 fully saturated rings. The molecule has 1 heterocycles. The van der Waals surface area contributed by atoms with Crippen molar-refractivity contribution in [3.05, 3.63) is 29.0 Å². The molecule has 1 aliphatic rings. The normalized spacial score (nSPS) is 21.0. The Hall–Kier alpha value is -1.47. The summed E-state index contributed by atoms with van der Waals surface area (Å²) in [5.41, 5.74) is -1.24. The molecule has 5 nitrogen and oxygen atoms in total. The lowest BCUT2D eigenvalue weighted by molar-refractivity contribution is -0.146. The van der Waals surface area contributed by atoms with Crippen molar-refractivity contribution in [2.24, 2.45) is 0 Å². The van der Waals surface area contributed by atoms with Gasteiger partial charge in [0.15, 0.2) is 6.61 Å². The molecule has 0 spiro atoms. The van der Waals surface area contributed by atoms with Crippen LogP contribution in [0.2, 0.25) is 5.02 Å². The van der Waals surface area contributed by atoms with Gasteiger partial charge in [0.05, 0.1) is 5.02 Å². The molecule has 1 aliphatic heterocycles. The van der Waals surface area contributed by atoms with Crippen molar-refractivity contribution in [2.75, 3.05) is 18.1 Å². The highest BCUT2D eigenvalue weighted by atomic mass is 35.5. The van der Waals surface area contributed by atoms with Crippen molar-refractivity contribution >= 4 is 35.2 Å². The molecule has 1 atom stereocenters. The molecule has 0 saturated carbocycles. The molecule has 0 aromatic heterocycles. The summed E-state index contributed by atoms with van der Waals surface area (Å²) >= 11 is 7.24. The topological polar surface area (TPSA) is 75.6 Å². The first-order chi connectivity index (χ1) is 9.93. The van der Waals surface area contributed by atoms with Gasteiger partial charge in [0.1, 0.15) is 17.1 Å². The summed E-state index contributed by atoms with van der Waals surface area (Å²) in [6.45, 7) is -0.384. The lowest BCUT2D eigenvalue weighted by atomic mass is 9.99. The van der Waals surface area contributed by atoms with Gasteiger partial charge in [-0.25, -0.2) is 9.18 Å². The molecule has 0 radical (unpaired) electrons. The van der Waals surface area contributed by atoms with E-state index in [2.05, 4.69) is 5.32 Å². The lowest BCUT2D eigenvalue weighted by Crippen LogP contribution is -2.55. The Morgan fingerprint density at radius 2 is 2.29 bits per heavy atom. The summed E-state index contributed by atoms with van der Waals surface area (Å²) < 4.78 is 18.0. The Morgan fingerprint density at radius 3 is 2.86 bits per heavy atom. The monoisotopic (exact) mass is 333 g/mol. The lowest BCUT2D eigenvalue weighted by Gasteiger charge is -2.24. The number of thioether (sulfide) groups is 1. The van der Waals surface area contributed by atoms with E-state index in [1.54, 1.807) is 0 Å². The van der Waals surface area contributed by atoms with Crippen molar-refractivity contribution in [1.29, 1.82) is 0 Å². The predicted octanol–water partition coefficient (Wildman–Crippen LogP) is 1.93. The number of nitrogens with one attached hydrogen (secondary N) is 1. The molecule has 2 rings (SSSR count). The molecule has 1 amide bonds. The number of carbonyl (C=O) groups excluding carboxylic acids is 1. The molecular formula is C13H13ClFNO4S. The number of carboxylic acid groups (broad SMARTS) is 1. The molecule has 1 saturated heterocycles. The second-order valence-corrected chi connectivity index (χ2v) is 6.11. The zero-order valence-corrected chi connectivity index (χ0v) is 12.5. The number of halogens is 2. The van der Waals surface area contributed by atoms with Crippen LogP contribution in [0.5, 0.6) is 5.75 Å². The van der Waals surface area contributed by atoms with Crippen LogP contribution in [0, 0.1) is 5.82 Å². The molecule has 0 aliphatic carbocycles. The molecule has 0 bridgehead atoms. The summed E-state index contributed by atoms with van der Waals surface area (Å²) in [4.78, 5) is 23.1. The maximum absolute atomic E-state index is 12.9. The van der Waals surface area contributed by atoms with Gasteiger partial charge in [-0.1, -0.05) is 11.6 Å². The molecule has 1 aromatic carbocycles. The molecule has 114 valence electrons. The number of hydrogen-bond donors (Lipinski definition) is 2. The number of carboxylic acids is 1. The highest BCUT2D eigenvalue weighted by Gasteiger charge is 2.43. The summed E-state index contributed by atoms with van der Waals surface area (Å²) in [5, 5.41) is 11.8. The fraction of sp³-hybridized carbons (Fsp3) is 0.385. The largest absolute Gasteiger partial charge is 0.482 e. The third kappa shape index (κ3) is 3.79. The van der Waals surface area contributed by atoms with Crippen LogP contribution in [0.1, 0.15) is 6.42 Å². The van der Waals surface area contributed by atoms with Crippen molar-refractivity contribution in [3.8, 4) is 5.75 Å². The smallest absolute Gasteiger partial charge is 0.330 e. The van der Waals surface area contributed by atoms with E-state index in [0.29, 0.717) is 17.9 Å². The Labute approximate surface area is 129 Å². The van der Waals surface area contributed by atoms with E-state index >= 15 is 0 Å². The van der Waals surface area contributed by atoms with Crippen LogP contribution in [-0.4, -0.2) is 40.6 Å². The van der Waals surface area contributed by atoms with Gasteiger partial charge in [0.25, 0.3) is 5.91 Å². The van der Waals surface area contributed by atoms with Gasteiger partial charge >= 0.3 is 5.97 Å². The van der Waals surface area contributed by atoms with Crippen molar-refractivity contribution in [3.63, 3.8) is 0 Å². The van der Waals surface area contributed by atoms with E-state index in [-0.39, 0.29) is 17.4 Å². The Morgan fingerprint density at radius 1 is 1.52 bits per heavy atom. The average Bonchev–Trinajstić information content (AvgIpc) is 2.87. The van der Waals surface area contributed by atoms with E-state index in [0.717, 1.165) is 12.1 Å².